The van der Waals surface area contributed by atoms with Crippen molar-refractivity contribution in [2.24, 2.45) is 0 Å². The Morgan fingerprint density at radius 3 is 1.75 bits per heavy atom. The maximum Gasteiger partial charge on any atom is 0.00579 e. The van der Waals surface area contributed by atoms with E-state index in [1.54, 1.807) is 4.88 Å². The van der Waals surface area contributed by atoms with Crippen molar-refractivity contribution in [3.63, 3.8) is 0 Å². The molecule has 1 heterocycles. The van der Waals surface area contributed by atoms with Gasteiger partial charge in [0.1, 0.15) is 0 Å². The summed E-state index contributed by atoms with van der Waals surface area (Å²) in [6, 6.07) is 4.48. The van der Waals surface area contributed by atoms with Crippen LogP contribution in [0, 0.1) is 0 Å². The predicted octanol–water partition coefficient (Wildman–Crippen LogP) is 7.31. The zero-order valence-corrected chi connectivity index (χ0v) is 17.2. The highest BCUT2D eigenvalue weighted by atomic mass is 32.1. The summed E-state index contributed by atoms with van der Waals surface area (Å²) in [5.41, 5.74) is 0. The lowest BCUT2D eigenvalue weighted by molar-refractivity contribution is 0.263. The molecule has 0 atom stereocenters. The van der Waals surface area contributed by atoms with E-state index in [0.717, 1.165) is 0 Å². The molecule has 0 aliphatic rings. The van der Waals surface area contributed by atoms with E-state index in [0.29, 0.717) is 0 Å². The van der Waals surface area contributed by atoms with Crippen LogP contribution >= 0.6 is 11.3 Å². The maximum atomic E-state index is 2.74. The van der Waals surface area contributed by atoms with Crippen molar-refractivity contribution in [1.29, 1.82) is 0 Å². The largest absolute Gasteiger partial charge is 0.303 e. The van der Waals surface area contributed by atoms with Crippen molar-refractivity contribution in [3.8, 4) is 0 Å². The van der Waals surface area contributed by atoms with Gasteiger partial charge in [0, 0.05) is 11.4 Å². The van der Waals surface area contributed by atoms with Gasteiger partial charge in [0.15, 0.2) is 0 Å². The van der Waals surface area contributed by atoms with Crippen molar-refractivity contribution in [2.45, 2.75) is 97.3 Å². The summed E-state index contributed by atoms with van der Waals surface area (Å²) in [6.45, 7) is 8.48. The molecule has 0 saturated carbocycles. The summed E-state index contributed by atoms with van der Waals surface area (Å²) < 4.78 is 0. The van der Waals surface area contributed by atoms with Gasteiger partial charge in [-0.15, -0.1) is 11.3 Å². The molecule has 0 N–H and O–H groups in total. The Morgan fingerprint density at radius 2 is 1.25 bits per heavy atom. The minimum absolute atomic E-state index is 1.24. The number of hydrogen-bond donors (Lipinski definition) is 0. The summed E-state index contributed by atoms with van der Waals surface area (Å²) in [5.74, 6) is 0. The van der Waals surface area contributed by atoms with Crippen LogP contribution in [0.2, 0.25) is 0 Å². The van der Waals surface area contributed by atoms with Crippen molar-refractivity contribution in [2.75, 3.05) is 19.6 Å². The average molecular weight is 352 g/mol. The second-order valence-corrected chi connectivity index (χ2v) is 8.24. The molecule has 0 aliphatic carbocycles. The molecule has 0 radical (unpaired) electrons. The summed E-state index contributed by atoms with van der Waals surface area (Å²) in [6.07, 6.45) is 18.1. The highest BCUT2D eigenvalue weighted by Gasteiger charge is 2.06. The molecule has 0 bridgehead atoms. The molecule has 0 saturated heterocycles. The molecule has 1 aromatic heterocycles. The number of rotatable bonds is 17. The van der Waals surface area contributed by atoms with Crippen LogP contribution < -0.4 is 0 Å². The molecule has 0 spiro atoms. The molecule has 0 aromatic carbocycles. The van der Waals surface area contributed by atoms with E-state index in [9.17, 15) is 0 Å². The molecular weight excluding hydrogens is 310 g/mol. The molecular formula is C22H41NS. The molecule has 140 valence electrons. The van der Waals surface area contributed by atoms with Gasteiger partial charge in [0.25, 0.3) is 0 Å². The van der Waals surface area contributed by atoms with Crippen molar-refractivity contribution >= 4 is 11.3 Å². The lowest BCUT2D eigenvalue weighted by atomic mass is 10.1. The molecule has 24 heavy (non-hydrogen) atoms. The average Bonchev–Trinajstić information content (AvgIpc) is 3.11. The van der Waals surface area contributed by atoms with E-state index in [1.165, 1.54) is 103 Å². The quantitative estimate of drug-likeness (QED) is 0.266. The second kappa shape index (κ2) is 16.1. The topological polar surface area (TPSA) is 3.24 Å². The van der Waals surface area contributed by atoms with E-state index in [4.69, 9.17) is 0 Å². The zero-order valence-electron chi connectivity index (χ0n) is 16.4. The van der Waals surface area contributed by atoms with Crippen molar-refractivity contribution < 1.29 is 0 Å². The van der Waals surface area contributed by atoms with Crippen LogP contribution in [0.15, 0.2) is 17.5 Å². The molecule has 0 fully saturated rings. The predicted molar refractivity (Wildman–Crippen MR) is 111 cm³/mol. The van der Waals surface area contributed by atoms with Crippen LogP contribution in [0.25, 0.3) is 0 Å². The highest BCUT2D eigenvalue weighted by molar-refractivity contribution is 7.09. The van der Waals surface area contributed by atoms with Crippen LogP contribution in [-0.2, 0) is 6.42 Å². The first-order valence-electron chi connectivity index (χ1n) is 10.6. The van der Waals surface area contributed by atoms with Gasteiger partial charge >= 0.3 is 0 Å². The molecule has 1 nitrogen and oxygen atoms in total. The van der Waals surface area contributed by atoms with Gasteiger partial charge in [-0.1, -0.05) is 84.1 Å². The Labute approximate surface area is 155 Å². The first-order valence-corrected chi connectivity index (χ1v) is 11.5. The zero-order chi connectivity index (χ0) is 17.3. The van der Waals surface area contributed by atoms with Crippen LogP contribution in [0.3, 0.4) is 0 Å². The number of unbranched alkanes of at least 4 members (excludes halogenated alkanes) is 10. The Balaban J connectivity index is 2.16. The van der Waals surface area contributed by atoms with Crippen molar-refractivity contribution in [1.82, 2.24) is 4.90 Å². The van der Waals surface area contributed by atoms with Gasteiger partial charge in [0.05, 0.1) is 0 Å². The Morgan fingerprint density at radius 1 is 0.708 bits per heavy atom. The van der Waals surface area contributed by atoms with E-state index < -0.39 is 0 Å². The molecule has 0 amide bonds. The van der Waals surface area contributed by atoms with Crippen LogP contribution in [0.4, 0.5) is 0 Å². The molecule has 0 unspecified atom stereocenters. The Bertz CT molecular complexity index is 331. The van der Waals surface area contributed by atoms with E-state index >= 15 is 0 Å². The van der Waals surface area contributed by atoms with Gasteiger partial charge < -0.3 is 4.90 Å². The van der Waals surface area contributed by atoms with Crippen LogP contribution in [0.1, 0.15) is 95.8 Å². The van der Waals surface area contributed by atoms with Gasteiger partial charge in [-0.05, 0) is 43.8 Å². The van der Waals surface area contributed by atoms with Crippen LogP contribution in [0.5, 0.6) is 0 Å². The Kier molecular flexibility index (Phi) is 14.6. The lowest BCUT2D eigenvalue weighted by Gasteiger charge is -2.22. The third kappa shape index (κ3) is 12.1. The SMILES string of the molecule is CCCCCCCCN(CCCCCCCC)CCc1cccs1. The third-order valence-electron chi connectivity index (χ3n) is 4.91. The van der Waals surface area contributed by atoms with Gasteiger partial charge in [0.2, 0.25) is 0 Å². The van der Waals surface area contributed by atoms with Crippen LogP contribution in [-0.4, -0.2) is 24.5 Å². The number of thiophene rings is 1. The molecule has 2 heteroatoms. The molecule has 0 aliphatic heterocycles. The minimum atomic E-state index is 1.24. The van der Waals surface area contributed by atoms with E-state index in [1.807, 2.05) is 11.3 Å². The van der Waals surface area contributed by atoms with Gasteiger partial charge in [-0.25, -0.2) is 0 Å². The fourth-order valence-electron chi connectivity index (χ4n) is 3.29. The first kappa shape index (κ1) is 21.7. The van der Waals surface area contributed by atoms with E-state index in [-0.39, 0.29) is 0 Å². The molecule has 1 rings (SSSR count). The number of hydrogen-bond acceptors (Lipinski definition) is 2. The Hall–Kier alpha value is -0.340. The monoisotopic (exact) mass is 351 g/mol. The fraction of sp³-hybridized carbons (Fsp3) is 0.818. The second-order valence-electron chi connectivity index (χ2n) is 7.21. The van der Waals surface area contributed by atoms with Crippen molar-refractivity contribution in [3.05, 3.63) is 22.4 Å². The van der Waals surface area contributed by atoms with Gasteiger partial charge in [-0.3, -0.25) is 0 Å². The fourth-order valence-corrected chi connectivity index (χ4v) is 3.99. The summed E-state index contributed by atoms with van der Waals surface area (Å²) in [5, 5.41) is 2.21. The van der Waals surface area contributed by atoms with E-state index in [2.05, 4.69) is 36.3 Å². The molecule has 1 aromatic rings. The standard InChI is InChI=1S/C22H41NS/c1-3-5-7-9-11-13-18-23(19-14-12-10-8-6-4-2)20-17-22-16-15-21-24-22/h15-16,21H,3-14,17-20H2,1-2H3. The normalized spacial score (nSPS) is 11.5. The third-order valence-corrected chi connectivity index (χ3v) is 5.85. The van der Waals surface area contributed by atoms with Gasteiger partial charge in [-0.2, -0.15) is 0 Å². The number of nitrogens with zero attached hydrogens (tertiary/aromatic N) is 1. The maximum absolute atomic E-state index is 2.74. The summed E-state index contributed by atoms with van der Waals surface area (Å²) in [4.78, 5) is 4.28. The highest BCUT2D eigenvalue weighted by Crippen LogP contribution is 2.12. The minimum Gasteiger partial charge on any atom is -0.303 e. The summed E-state index contributed by atoms with van der Waals surface area (Å²) in [7, 11) is 0. The smallest absolute Gasteiger partial charge is 0.00579 e. The summed E-state index contributed by atoms with van der Waals surface area (Å²) >= 11 is 1.91. The first-order chi connectivity index (χ1) is 11.9. The lowest BCUT2D eigenvalue weighted by Crippen LogP contribution is -2.28.